The highest BCUT2D eigenvalue weighted by Crippen LogP contribution is 2.35. The van der Waals surface area contributed by atoms with Crippen LogP contribution in [0.2, 0.25) is 15.1 Å². The van der Waals surface area contributed by atoms with E-state index in [1.165, 1.54) is 0 Å². The van der Waals surface area contributed by atoms with Crippen molar-refractivity contribution < 1.29 is 9.53 Å². The Balaban J connectivity index is 1.86. The molecular formula is C15H16Cl3N3O2. The van der Waals surface area contributed by atoms with Crippen molar-refractivity contribution in [3.05, 3.63) is 45.4 Å². The number of nitrogens with zero attached hydrogens (tertiary/aromatic N) is 2. The molecule has 124 valence electrons. The van der Waals surface area contributed by atoms with Crippen LogP contribution in [0, 0.1) is 0 Å². The first-order valence-corrected chi connectivity index (χ1v) is 8.23. The molecule has 2 rings (SSSR count). The lowest BCUT2D eigenvalue weighted by atomic mass is 10.3. The van der Waals surface area contributed by atoms with E-state index in [-0.39, 0.29) is 12.5 Å². The third-order valence-corrected chi connectivity index (χ3v) is 3.76. The first-order valence-electron chi connectivity index (χ1n) is 7.09. The van der Waals surface area contributed by atoms with Crippen molar-refractivity contribution in [1.82, 2.24) is 14.9 Å². The molecule has 0 spiro atoms. The average molecular weight is 377 g/mol. The maximum Gasteiger partial charge on any atom is 0.287 e. The molecule has 0 fully saturated rings. The second-order valence-corrected chi connectivity index (χ2v) is 6.00. The Bertz CT molecular complexity index is 665. The molecule has 2 aromatic rings. The Morgan fingerprint density at radius 2 is 2.00 bits per heavy atom. The molecule has 0 radical (unpaired) electrons. The van der Waals surface area contributed by atoms with Gasteiger partial charge in [-0.25, -0.2) is 4.98 Å². The molecule has 5 nitrogen and oxygen atoms in total. The summed E-state index contributed by atoms with van der Waals surface area (Å²) in [6, 6.07) is 3.09. The van der Waals surface area contributed by atoms with E-state index in [0.717, 1.165) is 13.0 Å². The maximum atomic E-state index is 12.1. The molecule has 0 saturated heterocycles. The number of ether oxygens (including phenoxy) is 1. The van der Waals surface area contributed by atoms with Gasteiger partial charge in [0.05, 0.1) is 16.6 Å². The number of hydrogen-bond donors (Lipinski definition) is 1. The summed E-state index contributed by atoms with van der Waals surface area (Å²) < 4.78 is 7.31. The van der Waals surface area contributed by atoms with Crippen LogP contribution >= 0.6 is 34.8 Å². The van der Waals surface area contributed by atoms with Gasteiger partial charge in [0.15, 0.2) is 11.6 Å². The Morgan fingerprint density at radius 1 is 1.30 bits per heavy atom. The number of hydrogen-bond acceptors (Lipinski definition) is 3. The molecule has 0 saturated carbocycles. The van der Waals surface area contributed by atoms with Gasteiger partial charge in [0, 0.05) is 24.0 Å². The quantitative estimate of drug-likeness (QED) is 0.741. The smallest absolute Gasteiger partial charge is 0.287 e. The van der Waals surface area contributed by atoms with Gasteiger partial charge >= 0.3 is 0 Å². The molecule has 0 aliphatic heterocycles. The third kappa shape index (κ3) is 4.77. The summed E-state index contributed by atoms with van der Waals surface area (Å²) in [6.07, 6.45) is 4.31. The van der Waals surface area contributed by atoms with Gasteiger partial charge in [-0.3, -0.25) is 4.79 Å². The average Bonchev–Trinajstić information content (AvgIpc) is 2.94. The van der Waals surface area contributed by atoms with Crippen LogP contribution in [0.4, 0.5) is 0 Å². The number of aryl methyl sites for hydroxylation is 1. The van der Waals surface area contributed by atoms with E-state index < -0.39 is 0 Å². The number of benzene rings is 1. The zero-order chi connectivity index (χ0) is 16.8. The number of carbonyl (C=O) groups excluding carboxylic acids is 1. The number of rotatable bonds is 7. The molecule has 0 bridgehead atoms. The normalized spacial score (nSPS) is 10.6. The SMILES string of the molecule is CCCn1ccnc1C(=O)NCCOc1c(Cl)cc(Cl)cc1Cl. The van der Waals surface area contributed by atoms with E-state index >= 15 is 0 Å². The van der Waals surface area contributed by atoms with Crippen LogP contribution in [0.25, 0.3) is 0 Å². The molecule has 1 N–H and O–H groups in total. The predicted octanol–water partition coefficient (Wildman–Crippen LogP) is 4.06. The van der Waals surface area contributed by atoms with Crippen molar-refractivity contribution in [3.8, 4) is 5.75 Å². The molecule has 0 aliphatic rings. The van der Waals surface area contributed by atoms with E-state index in [1.54, 1.807) is 24.5 Å². The van der Waals surface area contributed by atoms with Crippen molar-refractivity contribution in [2.24, 2.45) is 0 Å². The third-order valence-electron chi connectivity index (χ3n) is 2.98. The van der Waals surface area contributed by atoms with E-state index in [4.69, 9.17) is 39.5 Å². The fourth-order valence-electron chi connectivity index (χ4n) is 2.00. The molecule has 1 heterocycles. The van der Waals surface area contributed by atoms with Crippen LogP contribution in [0.3, 0.4) is 0 Å². The summed E-state index contributed by atoms with van der Waals surface area (Å²) in [4.78, 5) is 16.1. The van der Waals surface area contributed by atoms with E-state index in [1.807, 2.05) is 11.5 Å². The van der Waals surface area contributed by atoms with Gasteiger partial charge in [0.1, 0.15) is 6.61 Å². The van der Waals surface area contributed by atoms with E-state index in [2.05, 4.69) is 10.3 Å². The number of halogens is 3. The lowest BCUT2D eigenvalue weighted by Gasteiger charge is -2.11. The minimum atomic E-state index is -0.250. The lowest BCUT2D eigenvalue weighted by Crippen LogP contribution is -2.30. The van der Waals surface area contributed by atoms with Gasteiger partial charge in [-0.1, -0.05) is 41.7 Å². The first kappa shape index (κ1) is 17.9. The molecule has 1 aromatic heterocycles. The first-order chi connectivity index (χ1) is 11.0. The van der Waals surface area contributed by atoms with Crippen LogP contribution in [0.15, 0.2) is 24.5 Å². The lowest BCUT2D eigenvalue weighted by molar-refractivity contribution is 0.0932. The molecule has 1 aromatic carbocycles. The van der Waals surface area contributed by atoms with Gasteiger partial charge < -0.3 is 14.6 Å². The Hall–Kier alpha value is -1.43. The molecule has 23 heavy (non-hydrogen) atoms. The van der Waals surface area contributed by atoms with Crippen molar-refractivity contribution in [2.75, 3.05) is 13.2 Å². The van der Waals surface area contributed by atoms with Crippen molar-refractivity contribution >= 4 is 40.7 Å². The summed E-state index contributed by atoms with van der Waals surface area (Å²) in [5.41, 5.74) is 0. The van der Waals surface area contributed by atoms with Gasteiger partial charge in [0.25, 0.3) is 5.91 Å². The fourth-order valence-corrected chi connectivity index (χ4v) is 2.93. The van der Waals surface area contributed by atoms with Crippen LogP contribution in [0.5, 0.6) is 5.75 Å². The predicted molar refractivity (Wildman–Crippen MR) is 91.8 cm³/mol. The van der Waals surface area contributed by atoms with E-state index in [0.29, 0.717) is 33.2 Å². The second-order valence-electron chi connectivity index (χ2n) is 4.75. The van der Waals surface area contributed by atoms with Crippen molar-refractivity contribution in [2.45, 2.75) is 19.9 Å². The Kier molecular flexibility index (Phi) is 6.57. The molecule has 0 aliphatic carbocycles. The summed E-state index contributed by atoms with van der Waals surface area (Å²) in [6.45, 7) is 3.30. The largest absolute Gasteiger partial charge is 0.489 e. The molecular weight excluding hydrogens is 361 g/mol. The fraction of sp³-hybridized carbons (Fsp3) is 0.333. The number of nitrogens with one attached hydrogen (secondary N) is 1. The standard InChI is InChI=1S/C15H16Cl3N3O2/c1-2-5-21-6-3-19-14(21)15(22)20-4-7-23-13-11(17)8-10(16)9-12(13)18/h3,6,8-9H,2,4-5,7H2,1H3,(H,20,22). The topological polar surface area (TPSA) is 56.2 Å². The molecule has 1 amide bonds. The molecule has 0 unspecified atom stereocenters. The summed E-state index contributed by atoms with van der Waals surface area (Å²) >= 11 is 17.9. The summed E-state index contributed by atoms with van der Waals surface area (Å²) in [7, 11) is 0. The van der Waals surface area contributed by atoms with E-state index in [9.17, 15) is 4.79 Å². The maximum absolute atomic E-state index is 12.1. The Labute approximate surface area is 149 Å². The zero-order valence-electron chi connectivity index (χ0n) is 12.5. The van der Waals surface area contributed by atoms with Gasteiger partial charge in [-0.15, -0.1) is 0 Å². The number of imidazole rings is 1. The Morgan fingerprint density at radius 3 is 2.65 bits per heavy atom. The number of carbonyl (C=O) groups is 1. The van der Waals surface area contributed by atoms with Crippen LogP contribution in [0.1, 0.15) is 24.0 Å². The monoisotopic (exact) mass is 375 g/mol. The second kappa shape index (κ2) is 8.43. The number of aromatic nitrogens is 2. The highest BCUT2D eigenvalue weighted by atomic mass is 35.5. The zero-order valence-corrected chi connectivity index (χ0v) is 14.8. The minimum Gasteiger partial charge on any atom is -0.489 e. The summed E-state index contributed by atoms with van der Waals surface area (Å²) in [5, 5.41) is 3.83. The number of amides is 1. The molecule has 0 atom stereocenters. The highest BCUT2D eigenvalue weighted by molar-refractivity contribution is 6.40. The van der Waals surface area contributed by atoms with Crippen molar-refractivity contribution in [1.29, 1.82) is 0 Å². The van der Waals surface area contributed by atoms with Crippen LogP contribution < -0.4 is 10.1 Å². The van der Waals surface area contributed by atoms with Crippen molar-refractivity contribution in [3.63, 3.8) is 0 Å². The van der Waals surface area contributed by atoms with Gasteiger partial charge in [-0.2, -0.15) is 0 Å². The van der Waals surface area contributed by atoms with Gasteiger partial charge in [0.2, 0.25) is 0 Å². The van der Waals surface area contributed by atoms with Crippen LogP contribution in [-0.4, -0.2) is 28.6 Å². The highest BCUT2D eigenvalue weighted by Gasteiger charge is 2.12. The molecule has 8 heteroatoms. The summed E-state index contributed by atoms with van der Waals surface area (Å²) in [5.74, 6) is 0.481. The van der Waals surface area contributed by atoms with Crippen LogP contribution in [-0.2, 0) is 6.54 Å². The van der Waals surface area contributed by atoms with Gasteiger partial charge in [-0.05, 0) is 18.6 Å². The minimum absolute atomic E-state index is 0.224.